The molecule has 0 aromatic rings. The number of primary amides is 1. The van der Waals surface area contributed by atoms with E-state index in [0.717, 1.165) is 38.5 Å². The first-order valence-corrected chi connectivity index (χ1v) is 13.9. The Kier molecular flexibility index (Phi) is 22.0. The first-order chi connectivity index (χ1) is 16.3. The van der Waals surface area contributed by atoms with Crippen LogP contribution >= 0.6 is 0 Å². The maximum atomic E-state index is 11.9. The van der Waals surface area contributed by atoms with Gasteiger partial charge >= 0.3 is 5.97 Å². The molecule has 0 saturated carbocycles. The quantitative estimate of drug-likeness (QED) is 0.129. The van der Waals surface area contributed by atoms with E-state index in [-0.39, 0.29) is 23.9 Å². The minimum Gasteiger partial charge on any atom is -0.481 e. The molecule has 34 heavy (non-hydrogen) atoms. The number of hydrogen-bond acceptors (Lipinski definition) is 4. The molecule has 5 N–H and O–H groups in total. The highest BCUT2D eigenvalue weighted by Gasteiger charge is 2.15. The number of unbranched alkanes of at least 4 members (excludes halogenated alkanes) is 14. The molecule has 2 amide bonds. The summed E-state index contributed by atoms with van der Waals surface area (Å²) in [6.45, 7) is 4.66. The zero-order valence-electron chi connectivity index (χ0n) is 22.0. The summed E-state index contributed by atoms with van der Waals surface area (Å²) in [5.41, 5.74) is 5.42. The first-order valence-electron chi connectivity index (χ1n) is 13.9. The molecule has 0 fully saturated rings. The predicted molar refractivity (Wildman–Crippen MR) is 140 cm³/mol. The highest BCUT2D eigenvalue weighted by atomic mass is 16.4. The van der Waals surface area contributed by atoms with E-state index < -0.39 is 5.97 Å². The van der Waals surface area contributed by atoms with Gasteiger partial charge in [0, 0.05) is 25.4 Å². The van der Waals surface area contributed by atoms with Crippen LogP contribution in [-0.2, 0) is 14.4 Å². The van der Waals surface area contributed by atoms with E-state index in [1.165, 1.54) is 64.2 Å². The molecule has 7 heteroatoms. The minimum atomic E-state index is -0.680. The van der Waals surface area contributed by atoms with E-state index in [9.17, 15) is 14.4 Å². The Bertz CT molecular complexity index is 526. The van der Waals surface area contributed by atoms with Crippen molar-refractivity contribution in [3.05, 3.63) is 0 Å². The van der Waals surface area contributed by atoms with Gasteiger partial charge in [0.05, 0.1) is 6.04 Å². The Balaban J connectivity index is 3.35. The number of amides is 2. The Labute approximate surface area is 208 Å². The molecule has 1 atom stereocenters. The number of nitrogens with one attached hydrogen (secondary N) is 2. The third-order valence-corrected chi connectivity index (χ3v) is 6.16. The molecule has 0 spiro atoms. The summed E-state index contributed by atoms with van der Waals surface area (Å²) in [6.07, 6.45) is 20.0. The van der Waals surface area contributed by atoms with Crippen LogP contribution in [0.2, 0.25) is 0 Å². The van der Waals surface area contributed by atoms with E-state index in [1.54, 1.807) is 0 Å². The summed E-state index contributed by atoms with van der Waals surface area (Å²) in [5, 5.41) is 14.8. The second-order valence-electron chi connectivity index (χ2n) is 9.97. The molecule has 200 valence electrons. The van der Waals surface area contributed by atoms with Gasteiger partial charge in [0.2, 0.25) is 11.8 Å². The summed E-state index contributed by atoms with van der Waals surface area (Å²) in [4.78, 5) is 33.8. The van der Waals surface area contributed by atoms with Gasteiger partial charge in [-0.15, -0.1) is 0 Å². The zero-order chi connectivity index (χ0) is 25.4. The molecule has 0 aromatic carbocycles. The van der Waals surface area contributed by atoms with Crippen LogP contribution in [0.1, 0.15) is 136 Å². The fraction of sp³-hybridized carbons (Fsp3) is 0.889. The lowest BCUT2D eigenvalue weighted by atomic mass is 10.0. The molecule has 7 nitrogen and oxygen atoms in total. The lowest BCUT2D eigenvalue weighted by Crippen LogP contribution is -2.44. The molecule has 0 aliphatic carbocycles. The van der Waals surface area contributed by atoms with E-state index in [4.69, 9.17) is 10.8 Å². The second kappa shape index (κ2) is 23.1. The maximum absolute atomic E-state index is 11.9. The summed E-state index contributed by atoms with van der Waals surface area (Å²) in [7, 11) is 0. The maximum Gasteiger partial charge on any atom is 0.303 e. The van der Waals surface area contributed by atoms with Gasteiger partial charge in [-0.2, -0.15) is 0 Å². The van der Waals surface area contributed by atoms with Crippen molar-refractivity contribution >= 4 is 17.8 Å². The van der Waals surface area contributed by atoms with Gasteiger partial charge < -0.3 is 21.5 Å². The number of carbonyl (C=O) groups excluding carboxylic acids is 2. The highest BCUT2D eigenvalue weighted by molar-refractivity contribution is 5.79. The SMILES string of the molecule is CC(C)NC(CCCCNC(=O)CCCCCCCCCCCCCCCCC(=O)O)C(N)=O. The highest BCUT2D eigenvalue weighted by Crippen LogP contribution is 2.13. The lowest BCUT2D eigenvalue weighted by molar-refractivity contribution is -0.137. The summed E-state index contributed by atoms with van der Waals surface area (Å²) >= 11 is 0. The van der Waals surface area contributed by atoms with Gasteiger partial charge in [0.25, 0.3) is 0 Å². The van der Waals surface area contributed by atoms with Gasteiger partial charge in [-0.1, -0.05) is 90.9 Å². The Hall–Kier alpha value is -1.63. The number of carbonyl (C=O) groups is 3. The number of aliphatic carboxylic acids is 1. The van der Waals surface area contributed by atoms with Crippen molar-refractivity contribution in [1.82, 2.24) is 10.6 Å². The van der Waals surface area contributed by atoms with Gasteiger partial charge in [0.15, 0.2) is 0 Å². The molecule has 0 rings (SSSR count). The largest absolute Gasteiger partial charge is 0.481 e. The number of carboxylic acid groups (broad SMARTS) is 1. The van der Waals surface area contributed by atoms with Gasteiger partial charge in [-0.3, -0.25) is 14.4 Å². The summed E-state index contributed by atoms with van der Waals surface area (Å²) in [6, 6.07) is -0.0638. The van der Waals surface area contributed by atoms with Crippen LogP contribution in [0.15, 0.2) is 0 Å². The molecular formula is C27H53N3O4. The van der Waals surface area contributed by atoms with Crippen LogP contribution < -0.4 is 16.4 Å². The van der Waals surface area contributed by atoms with Crippen molar-refractivity contribution in [1.29, 1.82) is 0 Å². The van der Waals surface area contributed by atoms with E-state index in [0.29, 0.717) is 25.8 Å². The zero-order valence-corrected chi connectivity index (χ0v) is 22.0. The number of hydrogen-bond donors (Lipinski definition) is 4. The van der Waals surface area contributed by atoms with Crippen LogP contribution in [0.3, 0.4) is 0 Å². The van der Waals surface area contributed by atoms with Crippen LogP contribution in [-0.4, -0.2) is 41.5 Å². The molecule has 0 saturated heterocycles. The van der Waals surface area contributed by atoms with Crippen LogP contribution in [0.5, 0.6) is 0 Å². The van der Waals surface area contributed by atoms with E-state index >= 15 is 0 Å². The lowest BCUT2D eigenvalue weighted by Gasteiger charge is -2.18. The Morgan fingerprint density at radius 1 is 0.676 bits per heavy atom. The van der Waals surface area contributed by atoms with Crippen LogP contribution in [0, 0.1) is 0 Å². The first kappa shape index (κ1) is 32.4. The van der Waals surface area contributed by atoms with E-state index in [2.05, 4.69) is 10.6 Å². The third kappa shape index (κ3) is 23.5. The van der Waals surface area contributed by atoms with Crippen molar-refractivity contribution in [3.63, 3.8) is 0 Å². The van der Waals surface area contributed by atoms with Gasteiger partial charge in [-0.25, -0.2) is 0 Å². The molecular weight excluding hydrogens is 430 g/mol. The monoisotopic (exact) mass is 483 g/mol. The third-order valence-electron chi connectivity index (χ3n) is 6.16. The van der Waals surface area contributed by atoms with Crippen molar-refractivity contribution < 1.29 is 19.5 Å². The second-order valence-corrected chi connectivity index (χ2v) is 9.97. The normalized spacial score (nSPS) is 12.1. The average Bonchev–Trinajstić information content (AvgIpc) is 2.77. The predicted octanol–water partition coefficient (Wildman–Crippen LogP) is 5.45. The molecule has 0 aliphatic heterocycles. The molecule has 0 heterocycles. The van der Waals surface area contributed by atoms with Gasteiger partial charge in [0.1, 0.15) is 0 Å². The fourth-order valence-corrected chi connectivity index (χ4v) is 4.18. The summed E-state index contributed by atoms with van der Waals surface area (Å²) < 4.78 is 0. The van der Waals surface area contributed by atoms with Crippen molar-refractivity contribution in [2.75, 3.05) is 6.54 Å². The average molecular weight is 484 g/mol. The van der Waals surface area contributed by atoms with E-state index in [1.807, 2.05) is 13.8 Å². The molecule has 0 aromatic heterocycles. The molecule has 0 aliphatic rings. The van der Waals surface area contributed by atoms with Crippen LogP contribution in [0.4, 0.5) is 0 Å². The standard InChI is InChI=1S/C27H53N3O4/c1-23(2)30-24(27(28)34)19-17-18-22-29-25(31)20-15-13-11-9-7-5-3-4-6-8-10-12-14-16-21-26(32)33/h23-24,30H,3-22H2,1-2H3,(H2,28,34)(H,29,31)(H,32,33). The van der Waals surface area contributed by atoms with Gasteiger partial charge in [-0.05, 0) is 32.1 Å². The number of carboxylic acids is 1. The topological polar surface area (TPSA) is 122 Å². The Morgan fingerprint density at radius 2 is 1.12 bits per heavy atom. The van der Waals surface area contributed by atoms with Crippen LogP contribution in [0.25, 0.3) is 0 Å². The van der Waals surface area contributed by atoms with Crippen molar-refractivity contribution in [2.45, 2.75) is 148 Å². The molecule has 0 bridgehead atoms. The van der Waals surface area contributed by atoms with Crippen molar-refractivity contribution in [3.8, 4) is 0 Å². The number of rotatable bonds is 25. The minimum absolute atomic E-state index is 0.133. The fourth-order valence-electron chi connectivity index (χ4n) is 4.18. The van der Waals surface area contributed by atoms with Crippen molar-refractivity contribution in [2.24, 2.45) is 5.73 Å². The Morgan fingerprint density at radius 3 is 1.53 bits per heavy atom. The number of nitrogens with two attached hydrogens (primary N) is 1. The smallest absolute Gasteiger partial charge is 0.303 e. The molecule has 1 unspecified atom stereocenters. The summed E-state index contributed by atoms with van der Waals surface area (Å²) in [5.74, 6) is -0.856. The molecule has 0 radical (unpaired) electrons.